The number of rotatable bonds is 5. The van der Waals surface area contributed by atoms with E-state index in [-0.39, 0.29) is 11.8 Å². The summed E-state index contributed by atoms with van der Waals surface area (Å²) in [5.41, 5.74) is 0.116. The molecule has 106 valence electrons. The highest BCUT2D eigenvalue weighted by Crippen LogP contribution is 2.52. The number of nitrogens with one attached hydrogen (secondary N) is 1. The molecule has 2 aliphatic rings. The maximum absolute atomic E-state index is 12.0. The van der Waals surface area contributed by atoms with Crippen LogP contribution in [0.5, 0.6) is 0 Å². The van der Waals surface area contributed by atoms with Gasteiger partial charge in [0.25, 0.3) is 0 Å². The number of fused-ring (bicyclic) bond motifs is 1. The van der Waals surface area contributed by atoms with Gasteiger partial charge >= 0.3 is 6.18 Å². The third-order valence-electron chi connectivity index (χ3n) is 4.35. The molecule has 1 N–H and O–H groups in total. The van der Waals surface area contributed by atoms with Gasteiger partial charge in [0.15, 0.2) is 0 Å². The predicted molar refractivity (Wildman–Crippen MR) is 63.3 cm³/mol. The SMILES string of the molecule is CC1(C)C(NCCCCC(F)(F)F)C2CCOC21. The van der Waals surface area contributed by atoms with E-state index in [1.54, 1.807) is 0 Å². The monoisotopic (exact) mass is 265 g/mol. The van der Waals surface area contributed by atoms with Gasteiger partial charge in [-0.15, -0.1) is 0 Å². The maximum atomic E-state index is 12.0. The topological polar surface area (TPSA) is 21.3 Å². The van der Waals surface area contributed by atoms with Crippen LogP contribution in [0.3, 0.4) is 0 Å². The minimum atomic E-state index is -4.01. The summed E-state index contributed by atoms with van der Waals surface area (Å²) in [4.78, 5) is 0. The molecular formula is C13H22F3NO. The fourth-order valence-corrected chi connectivity index (χ4v) is 3.45. The van der Waals surface area contributed by atoms with Gasteiger partial charge in [-0.3, -0.25) is 0 Å². The summed E-state index contributed by atoms with van der Waals surface area (Å²) in [6.45, 7) is 5.85. The fraction of sp³-hybridized carbons (Fsp3) is 1.00. The molecule has 18 heavy (non-hydrogen) atoms. The van der Waals surface area contributed by atoms with Crippen molar-refractivity contribution in [3.05, 3.63) is 0 Å². The van der Waals surface area contributed by atoms with Crippen molar-refractivity contribution in [1.29, 1.82) is 0 Å². The van der Waals surface area contributed by atoms with E-state index in [0.717, 1.165) is 13.0 Å². The van der Waals surface area contributed by atoms with Gasteiger partial charge in [0.2, 0.25) is 0 Å². The summed E-state index contributed by atoms with van der Waals surface area (Å²) in [5.74, 6) is 0.558. The van der Waals surface area contributed by atoms with E-state index in [0.29, 0.717) is 31.0 Å². The average molecular weight is 265 g/mol. The van der Waals surface area contributed by atoms with Crippen LogP contribution in [0.4, 0.5) is 13.2 Å². The normalized spacial score (nSPS) is 34.2. The molecule has 0 aromatic rings. The quantitative estimate of drug-likeness (QED) is 0.771. The second-order valence-electron chi connectivity index (χ2n) is 6.07. The molecule has 0 aromatic carbocycles. The first kappa shape index (κ1) is 14.1. The van der Waals surface area contributed by atoms with Gasteiger partial charge in [0, 0.05) is 30.4 Å². The van der Waals surface area contributed by atoms with Crippen molar-refractivity contribution in [2.45, 2.75) is 57.9 Å². The van der Waals surface area contributed by atoms with E-state index in [1.165, 1.54) is 0 Å². The molecule has 0 bridgehead atoms. The molecule has 2 nitrogen and oxygen atoms in total. The molecule has 3 atom stereocenters. The van der Waals surface area contributed by atoms with Crippen LogP contribution in [0.2, 0.25) is 0 Å². The third-order valence-corrected chi connectivity index (χ3v) is 4.35. The zero-order valence-electron chi connectivity index (χ0n) is 11.0. The Morgan fingerprint density at radius 3 is 2.67 bits per heavy atom. The Kier molecular flexibility index (Phi) is 3.93. The van der Waals surface area contributed by atoms with Gasteiger partial charge in [-0.2, -0.15) is 13.2 Å². The Labute approximate surface area is 106 Å². The predicted octanol–water partition coefficient (Wildman–Crippen LogP) is 3.12. The van der Waals surface area contributed by atoms with E-state index in [2.05, 4.69) is 19.2 Å². The number of hydrogen-bond acceptors (Lipinski definition) is 2. The van der Waals surface area contributed by atoms with E-state index in [4.69, 9.17) is 4.74 Å². The van der Waals surface area contributed by atoms with Crippen molar-refractivity contribution in [2.24, 2.45) is 11.3 Å². The fourth-order valence-electron chi connectivity index (χ4n) is 3.45. The molecule has 1 saturated carbocycles. The van der Waals surface area contributed by atoms with Crippen LogP contribution in [0.25, 0.3) is 0 Å². The van der Waals surface area contributed by atoms with Gasteiger partial charge in [0.1, 0.15) is 0 Å². The summed E-state index contributed by atoms with van der Waals surface area (Å²) in [7, 11) is 0. The van der Waals surface area contributed by atoms with Crippen LogP contribution in [0.15, 0.2) is 0 Å². The Bertz CT molecular complexity index is 290. The minimum Gasteiger partial charge on any atom is -0.377 e. The first-order valence-corrected chi connectivity index (χ1v) is 6.74. The van der Waals surface area contributed by atoms with Crippen LogP contribution < -0.4 is 5.32 Å². The summed E-state index contributed by atoms with van der Waals surface area (Å²) in [6, 6.07) is 0.399. The molecule has 1 heterocycles. The standard InChI is InChI=1S/C13H22F3NO/c1-12(2)10(9-5-8-18-11(9)12)17-7-4-3-6-13(14,15)16/h9-11,17H,3-8H2,1-2H3. The number of alkyl halides is 3. The van der Waals surface area contributed by atoms with Crippen molar-refractivity contribution < 1.29 is 17.9 Å². The Balaban J connectivity index is 1.65. The molecule has 1 aliphatic heterocycles. The Morgan fingerprint density at radius 2 is 2.00 bits per heavy atom. The largest absolute Gasteiger partial charge is 0.389 e. The maximum Gasteiger partial charge on any atom is 0.389 e. The summed E-state index contributed by atoms with van der Waals surface area (Å²) < 4.78 is 41.6. The van der Waals surface area contributed by atoms with Crippen LogP contribution >= 0.6 is 0 Å². The van der Waals surface area contributed by atoms with Crippen molar-refractivity contribution in [1.82, 2.24) is 5.32 Å². The molecule has 1 aliphatic carbocycles. The van der Waals surface area contributed by atoms with Gasteiger partial charge in [-0.25, -0.2) is 0 Å². The summed E-state index contributed by atoms with van der Waals surface area (Å²) in [6.07, 6.45) is -2.46. The third kappa shape index (κ3) is 2.82. The number of unbranched alkanes of at least 4 members (excludes halogenated alkanes) is 1. The number of hydrogen-bond donors (Lipinski definition) is 1. The number of halogens is 3. The lowest BCUT2D eigenvalue weighted by Crippen LogP contribution is -2.65. The van der Waals surface area contributed by atoms with Crippen molar-refractivity contribution in [2.75, 3.05) is 13.2 Å². The van der Waals surface area contributed by atoms with Crippen LogP contribution in [0.1, 0.15) is 39.5 Å². The molecule has 5 heteroatoms. The van der Waals surface area contributed by atoms with Crippen LogP contribution in [-0.2, 0) is 4.74 Å². The highest BCUT2D eigenvalue weighted by molar-refractivity contribution is 5.11. The Hall–Kier alpha value is -0.290. The lowest BCUT2D eigenvalue weighted by atomic mass is 9.57. The molecule has 0 amide bonds. The molecule has 2 fully saturated rings. The van der Waals surface area contributed by atoms with Crippen molar-refractivity contribution in [3.8, 4) is 0 Å². The highest BCUT2D eigenvalue weighted by Gasteiger charge is 2.58. The second-order valence-corrected chi connectivity index (χ2v) is 6.07. The lowest BCUT2D eigenvalue weighted by Gasteiger charge is -2.55. The van der Waals surface area contributed by atoms with Gasteiger partial charge in [0.05, 0.1) is 6.10 Å². The molecule has 0 aromatic heterocycles. The smallest absolute Gasteiger partial charge is 0.377 e. The zero-order chi connectivity index (χ0) is 13.4. The zero-order valence-corrected chi connectivity index (χ0v) is 11.0. The molecule has 0 spiro atoms. The highest BCUT2D eigenvalue weighted by atomic mass is 19.4. The van der Waals surface area contributed by atoms with Gasteiger partial charge in [-0.1, -0.05) is 13.8 Å². The summed E-state index contributed by atoms with van der Waals surface area (Å²) in [5, 5.41) is 3.42. The molecular weight excluding hydrogens is 243 g/mol. The average Bonchev–Trinajstić information content (AvgIpc) is 2.67. The van der Waals surface area contributed by atoms with Crippen molar-refractivity contribution in [3.63, 3.8) is 0 Å². The Morgan fingerprint density at radius 1 is 1.28 bits per heavy atom. The lowest BCUT2D eigenvalue weighted by molar-refractivity contribution is -0.135. The van der Waals surface area contributed by atoms with Gasteiger partial charge < -0.3 is 10.1 Å². The van der Waals surface area contributed by atoms with E-state index in [9.17, 15) is 13.2 Å². The molecule has 0 radical (unpaired) electrons. The van der Waals surface area contributed by atoms with E-state index < -0.39 is 12.6 Å². The molecule has 2 rings (SSSR count). The summed E-state index contributed by atoms with van der Waals surface area (Å²) >= 11 is 0. The second kappa shape index (κ2) is 5.00. The van der Waals surface area contributed by atoms with Crippen LogP contribution in [-0.4, -0.2) is 31.5 Å². The molecule has 3 unspecified atom stereocenters. The van der Waals surface area contributed by atoms with E-state index >= 15 is 0 Å². The first-order valence-electron chi connectivity index (χ1n) is 6.74. The number of ether oxygens (including phenoxy) is 1. The molecule has 1 saturated heterocycles. The van der Waals surface area contributed by atoms with Gasteiger partial charge in [-0.05, 0) is 25.8 Å². The minimum absolute atomic E-state index is 0.116. The van der Waals surface area contributed by atoms with Crippen LogP contribution in [0, 0.1) is 11.3 Å². The first-order chi connectivity index (χ1) is 8.32. The van der Waals surface area contributed by atoms with Crippen molar-refractivity contribution >= 4 is 0 Å². The van der Waals surface area contributed by atoms with E-state index in [1.807, 2.05) is 0 Å².